The van der Waals surface area contributed by atoms with Crippen molar-refractivity contribution in [2.45, 2.75) is 19.5 Å². The van der Waals surface area contributed by atoms with E-state index in [4.69, 9.17) is 5.73 Å². The Balaban J connectivity index is 1.77. The fourth-order valence-electron chi connectivity index (χ4n) is 4.42. The van der Waals surface area contributed by atoms with Gasteiger partial charge in [0.2, 0.25) is 5.91 Å². The minimum Gasteiger partial charge on any atom is -0.383 e. The van der Waals surface area contributed by atoms with Gasteiger partial charge in [-0.3, -0.25) is 9.78 Å². The monoisotopic (exact) mass is 410 g/mol. The predicted octanol–water partition coefficient (Wildman–Crippen LogP) is 3.66. The van der Waals surface area contributed by atoms with Gasteiger partial charge in [-0.1, -0.05) is 30.9 Å². The summed E-state index contributed by atoms with van der Waals surface area (Å²) in [5.74, 6) is 0.303. The van der Waals surface area contributed by atoms with Crippen molar-refractivity contribution in [2.24, 2.45) is 0 Å². The molecule has 7 heteroatoms. The van der Waals surface area contributed by atoms with Gasteiger partial charge in [0, 0.05) is 36.3 Å². The summed E-state index contributed by atoms with van der Waals surface area (Å²) in [6, 6.07) is 10.0. The Bertz CT molecular complexity index is 1400. The third-order valence-corrected chi connectivity index (χ3v) is 5.95. The van der Waals surface area contributed by atoms with Crippen molar-refractivity contribution in [3.63, 3.8) is 0 Å². The van der Waals surface area contributed by atoms with Crippen LogP contribution in [0.25, 0.3) is 38.6 Å². The Kier molecular flexibility index (Phi) is 4.32. The Labute approximate surface area is 179 Å². The molecule has 4 heterocycles. The number of aromatic nitrogens is 4. The van der Waals surface area contributed by atoms with Crippen LogP contribution < -0.4 is 5.73 Å². The predicted molar refractivity (Wildman–Crippen MR) is 123 cm³/mol. The number of allylic oxidation sites excluding steroid dienone is 1. The lowest BCUT2D eigenvalue weighted by Crippen LogP contribution is -2.39. The first kappa shape index (κ1) is 19.0. The highest BCUT2D eigenvalue weighted by Gasteiger charge is 2.30. The summed E-state index contributed by atoms with van der Waals surface area (Å²) in [5.41, 5.74) is 12.0. The standard InChI is InChI=1S/C24H22N6O/c1-4-19(31)29(3)17-9-14(2)22-20(16-10-15-7-5-6-8-18(15)26-11-16)21-23(25)27-13-28-24(21)30(22)12-17/h4-11,13,17H,1,12H2,2-3H3,(H2,25,27,28)/t17-/m1/s1. The van der Waals surface area contributed by atoms with Crippen LogP contribution in [0, 0.1) is 0 Å². The molecule has 0 spiro atoms. The molecule has 5 rings (SSSR count). The normalized spacial score (nSPS) is 15.5. The van der Waals surface area contributed by atoms with Crippen molar-refractivity contribution in [1.29, 1.82) is 0 Å². The van der Waals surface area contributed by atoms with Gasteiger partial charge in [0.05, 0.1) is 22.6 Å². The van der Waals surface area contributed by atoms with E-state index in [0.717, 1.165) is 44.3 Å². The van der Waals surface area contributed by atoms with Crippen LogP contribution >= 0.6 is 0 Å². The molecule has 0 radical (unpaired) electrons. The summed E-state index contributed by atoms with van der Waals surface area (Å²) < 4.78 is 2.13. The highest BCUT2D eigenvalue weighted by molar-refractivity contribution is 6.07. The van der Waals surface area contributed by atoms with E-state index in [9.17, 15) is 4.79 Å². The van der Waals surface area contributed by atoms with Crippen molar-refractivity contribution < 1.29 is 4.79 Å². The number of carbonyl (C=O) groups excluding carboxylic acids is 1. The lowest BCUT2D eigenvalue weighted by atomic mass is 9.96. The number of likely N-dealkylation sites (N-methyl/N-ethyl adjacent to an activating group) is 1. The van der Waals surface area contributed by atoms with E-state index < -0.39 is 0 Å². The van der Waals surface area contributed by atoms with Crippen molar-refractivity contribution in [2.75, 3.05) is 12.8 Å². The molecule has 4 aromatic rings. The van der Waals surface area contributed by atoms with Gasteiger partial charge in [-0.15, -0.1) is 0 Å². The minimum atomic E-state index is -0.123. The number of pyridine rings is 1. The van der Waals surface area contributed by atoms with Crippen LogP contribution in [0.5, 0.6) is 0 Å². The van der Waals surface area contributed by atoms with Gasteiger partial charge in [0.1, 0.15) is 17.8 Å². The molecule has 31 heavy (non-hydrogen) atoms. The highest BCUT2D eigenvalue weighted by atomic mass is 16.2. The smallest absolute Gasteiger partial charge is 0.246 e. The van der Waals surface area contributed by atoms with Gasteiger partial charge in [-0.05, 0) is 30.7 Å². The Morgan fingerprint density at radius 3 is 2.90 bits per heavy atom. The average Bonchev–Trinajstić information content (AvgIpc) is 3.14. The number of para-hydroxylation sites is 1. The topological polar surface area (TPSA) is 89.9 Å². The first-order valence-electron chi connectivity index (χ1n) is 10.1. The van der Waals surface area contributed by atoms with Gasteiger partial charge >= 0.3 is 0 Å². The van der Waals surface area contributed by atoms with Crippen LogP contribution in [0.2, 0.25) is 0 Å². The third kappa shape index (κ3) is 2.89. The summed E-state index contributed by atoms with van der Waals surface area (Å²) in [5, 5.41) is 1.86. The molecule has 0 fully saturated rings. The number of nitrogen functional groups attached to an aromatic ring is 1. The number of anilines is 1. The number of fused-ring (bicyclic) bond motifs is 4. The second-order valence-corrected chi connectivity index (χ2v) is 7.78. The molecule has 0 aliphatic carbocycles. The summed E-state index contributed by atoms with van der Waals surface area (Å²) in [7, 11) is 1.78. The first-order valence-corrected chi connectivity index (χ1v) is 10.1. The summed E-state index contributed by atoms with van der Waals surface area (Å²) in [6.45, 7) is 6.22. The number of nitrogens with two attached hydrogens (primary N) is 1. The van der Waals surface area contributed by atoms with E-state index in [1.54, 1.807) is 11.9 Å². The molecule has 1 amide bonds. The van der Waals surface area contributed by atoms with Crippen molar-refractivity contribution in [3.8, 4) is 11.1 Å². The quantitative estimate of drug-likeness (QED) is 0.521. The second kappa shape index (κ2) is 7.05. The zero-order valence-corrected chi connectivity index (χ0v) is 17.4. The SMILES string of the molecule is C=CC(=O)N(C)[C@@H]1C=C(C)c2c(-c3cnc4ccccc4c3)c3c(N)ncnc3n2C1. The summed E-state index contributed by atoms with van der Waals surface area (Å²) in [6.07, 6.45) is 6.79. The number of benzene rings is 1. The van der Waals surface area contributed by atoms with Crippen molar-refractivity contribution in [1.82, 2.24) is 24.4 Å². The molecule has 0 saturated carbocycles. The number of amides is 1. The molecular formula is C24H22N6O. The van der Waals surface area contributed by atoms with Gasteiger partial charge in [-0.2, -0.15) is 0 Å². The summed E-state index contributed by atoms with van der Waals surface area (Å²) >= 11 is 0. The van der Waals surface area contributed by atoms with Gasteiger partial charge in [0.15, 0.2) is 0 Å². The van der Waals surface area contributed by atoms with Crippen molar-refractivity contribution in [3.05, 3.63) is 67.3 Å². The molecule has 1 aliphatic heterocycles. The molecular weight excluding hydrogens is 388 g/mol. The number of carbonyl (C=O) groups is 1. The lowest BCUT2D eigenvalue weighted by Gasteiger charge is -2.30. The van der Waals surface area contributed by atoms with Crippen LogP contribution in [0.1, 0.15) is 12.6 Å². The maximum atomic E-state index is 12.2. The fraction of sp³-hybridized carbons (Fsp3) is 0.167. The van der Waals surface area contributed by atoms with E-state index in [1.165, 1.54) is 12.4 Å². The van der Waals surface area contributed by atoms with Crippen LogP contribution in [0.3, 0.4) is 0 Å². The minimum absolute atomic E-state index is 0.118. The molecule has 3 aromatic heterocycles. The van der Waals surface area contributed by atoms with Gasteiger partial charge < -0.3 is 15.2 Å². The number of nitrogens with zero attached hydrogens (tertiary/aromatic N) is 5. The molecule has 1 atom stereocenters. The Morgan fingerprint density at radius 2 is 2.10 bits per heavy atom. The van der Waals surface area contributed by atoms with Crippen LogP contribution in [-0.4, -0.2) is 43.4 Å². The maximum Gasteiger partial charge on any atom is 0.246 e. The van der Waals surface area contributed by atoms with E-state index in [0.29, 0.717) is 12.4 Å². The Hall–Kier alpha value is -4.00. The fourth-order valence-corrected chi connectivity index (χ4v) is 4.42. The van der Waals surface area contributed by atoms with E-state index in [1.807, 2.05) is 37.4 Å². The van der Waals surface area contributed by atoms with Gasteiger partial charge in [-0.25, -0.2) is 9.97 Å². The second-order valence-electron chi connectivity index (χ2n) is 7.78. The molecule has 1 aliphatic rings. The van der Waals surface area contributed by atoms with Gasteiger partial charge in [0.25, 0.3) is 0 Å². The number of hydrogen-bond donors (Lipinski definition) is 1. The largest absolute Gasteiger partial charge is 0.383 e. The zero-order chi connectivity index (χ0) is 21.7. The molecule has 7 nitrogen and oxygen atoms in total. The van der Waals surface area contributed by atoms with Crippen molar-refractivity contribution >= 4 is 39.2 Å². The summed E-state index contributed by atoms with van der Waals surface area (Å²) in [4.78, 5) is 27.4. The van der Waals surface area contributed by atoms with E-state index in [-0.39, 0.29) is 11.9 Å². The Morgan fingerprint density at radius 1 is 1.29 bits per heavy atom. The highest BCUT2D eigenvalue weighted by Crippen LogP contribution is 2.42. The molecule has 2 N–H and O–H groups in total. The zero-order valence-electron chi connectivity index (χ0n) is 17.4. The third-order valence-electron chi connectivity index (χ3n) is 5.95. The molecule has 0 saturated heterocycles. The molecule has 154 valence electrons. The molecule has 1 aromatic carbocycles. The van der Waals surface area contributed by atoms with Crippen LogP contribution in [0.15, 0.2) is 61.6 Å². The maximum absolute atomic E-state index is 12.2. The lowest BCUT2D eigenvalue weighted by molar-refractivity contribution is -0.126. The number of rotatable bonds is 3. The van der Waals surface area contributed by atoms with Crippen LogP contribution in [0.4, 0.5) is 5.82 Å². The van der Waals surface area contributed by atoms with E-state index >= 15 is 0 Å². The average molecular weight is 410 g/mol. The molecule has 0 unspecified atom stereocenters. The number of hydrogen-bond acceptors (Lipinski definition) is 5. The first-order chi connectivity index (χ1) is 15.0. The molecule has 0 bridgehead atoms. The van der Waals surface area contributed by atoms with Crippen LogP contribution in [-0.2, 0) is 11.3 Å². The van der Waals surface area contributed by atoms with E-state index in [2.05, 4.69) is 38.2 Å².